The molecule has 4 heteroatoms. The zero-order valence-electron chi connectivity index (χ0n) is 13.1. The van der Waals surface area contributed by atoms with E-state index in [-0.39, 0.29) is 12.0 Å². The molecule has 0 heterocycles. The maximum atomic E-state index is 11.7. The van der Waals surface area contributed by atoms with Gasteiger partial charge in [-0.15, -0.1) is 0 Å². The van der Waals surface area contributed by atoms with Crippen molar-refractivity contribution in [2.45, 2.75) is 32.9 Å². The first-order valence-electron chi connectivity index (χ1n) is 7.01. The van der Waals surface area contributed by atoms with E-state index in [1.807, 2.05) is 14.1 Å². The molecule has 1 atom stereocenters. The van der Waals surface area contributed by atoms with Crippen LogP contribution >= 0.6 is 0 Å². The highest BCUT2D eigenvalue weighted by atomic mass is 16.5. The minimum absolute atomic E-state index is 0.191. The van der Waals surface area contributed by atoms with Gasteiger partial charge in [-0.3, -0.25) is 4.79 Å². The molecule has 0 aromatic heterocycles. The van der Waals surface area contributed by atoms with Crippen LogP contribution in [0.25, 0.3) is 0 Å². The SMILES string of the molecule is COC(=O)C(CC(C)C)NCc1ccc(N(C)C)cc1. The largest absolute Gasteiger partial charge is 0.468 e. The number of hydrogen-bond acceptors (Lipinski definition) is 4. The summed E-state index contributed by atoms with van der Waals surface area (Å²) in [5.74, 6) is 0.256. The molecule has 0 spiro atoms. The molecule has 1 aromatic carbocycles. The van der Waals surface area contributed by atoms with Crippen LogP contribution in [0.15, 0.2) is 24.3 Å². The van der Waals surface area contributed by atoms with E-state index in [0.717, 1.165) is 12.0 Å². The van der Waals surface area contributed by atoms with Crippen LogP contribution in [0.1, 0.15) is 25.8 Å². The number of esters is 1. The van der Waals surface area contributed by atoms with Crippen LogP contribution in [-0.4, -0.2) is 33.2 Å². The second kappa shape index (κ2) is 7.90. The molecule has 0 aliphatic heterocycles. The lowest BCUT2D eigenvalue weighted by Gasteiger charge is -2.19. The van der Waals surface area contributed by atoms with E-state index in [2.05, 4.69) is 48.3 Å². The molecular weight excluding hydrogens is 252 g/mol. The minimum atomic E-state index is -0.242. The molecular formula is C16H26N2O2. The van der Waals surface area contributed by atoms with Crippen LogP contribution in [0.5, 0.6) is 0 Å². The molecule has 20 heavy (non-hydrogen) atoms. The molecule has 1 N–H and O–H groups in total. The van der Waals surface area contributed by atoms with E-state index in [1.165, 1.54) is 12.8 Å². The van der Waals surface area contributed by atoms with Gasteiger partial charge in [0, 0.05) is 26.3 Å². The molecule has 0 radical (unpaired) electrons. The smallest absolute Gasteiger partial charge is 0.322 e. The lowest BCUT2D eigenvalue weighted by Crippen LogP contribution is -2.38. The zero-order valence-corrected chi connectivity index (χ0v) is 13.1. The molecule has 0 aliphatic carbocycles. The van der Waals surface area contributed by atoms with Crippen LogP contribution in [0.3, 0.4) is 0 Å². The number of carbonyl (C=O) groups is 1. The summed E-state index contributed by atoms with van der Waals surface area (Å²) in [7, 11) is 5.47. The Morgan fingerprint density at radius 1 is 1.25 bits per heavy atom. The number of methoxy groups -OCH3 is 1. The number of hydrogen-bond donors (Lipinski definition) is 1. The molecule has 1 aromatic rings. The van der Waals surface area contributed by atoms with Gasteiger partial charge in [-0.25, -0.2) is 0 Å². The fourth-order valence-electron chi connectivity index (χ4n) is 2.03. The van der Waals surface area contributed by atoms with Crippen LogP contribution in [0, 0.1) is 5.92 Å². The van der Waals surface area contributed by atoms with E-state index < -0.39 is 0 Å². The first-order valence-corrected chi connectivity index (χ1v) is 7.01. The van der Waals surface area contributed by atoms with E-state index >= 15 is 0 Å². The molecule has 112 valence electrons. The Balaban J connectivity index is 2.60. The van der Waals surface area contributed by atoms with Gasteiger partial charge < -0.3 is 15.0 Å². The van der Waals surface area contributed by atoms with Gasteiger partial charge in [-0.05, 0) is 30.0 Å². The predicted octanol–water partition coefficient (Wildman–Crippen LogP) is 2.43. The van der Waals surface area contributed by atoms with Crippen molar-refractivity contribution in [1.82, 2.24) is 5.32 Å². The summed E-state index contributed by atoms with van der Waals surface area (Å²) < 4.78 is 4.84. The predicted molar refractivity (Wildman–Crippen MR) is 82.9 cm³/mol. The lowest BCUT2D eigenvalue weighted by atomic mass is 10.0. The quantitative estimate of drug-likeness (QED) is 0.778. The van der Waals surface area contributed by atoms with Gasteiger partial charge in [0.05, 0.1) is 7.11 Å². The Bertz CT molecular complexity index is 413. The highest BCUT2D eigenvalue weighted by Gasteiger charge is 2.19. The van der Waals surface area contributed by atoms with Gasteiger partial charge in [-0.2, -0.15) is 0 Å². The number of rotatable bonds is 7. The molecule has 0 fully saturated rings. The standard InChI is InChI=1S/C16H26N2O2/c1-12(2)10-15(16(19)20-5)17-11-13-6-8-14(9-7-13)18(3)4/h6-9,12,15,17H,10-11H2,1-5H3. The van der Waals surface area contributed by atoms with Crippen molar-refractivity contribution in [1.29, 1.82) is 0 Å². The monoisotopic (exact) mass is 278 g/mol. The minimum Gasteiger partial charge on any atom is -0.468 e. The topological polar surface area (TPSA) is 41.6 Å². The number of nitrogens with one attached hydrogen (secondary N) is 1. The number of ether oxygens (including phenoxy) is 1. The number of carbonyl (C=O) groups excluding carboxylic acids is 1. The van der Waals surface area contributed by atoms with E-state index in [9.17, 15) is 4.79 Å². The average molecular weight is 278 g/mol. The Morgan fingerprint density at radius 3 is 2.30 bits per heavy atom. The lowest BCUT2D eigenvalue weighted by molar-refractivity contribution is -0.143. The molecule has 0 amide bonds. The Hall–Kier alpha value is -1.55. The second-order valence-corrected chi connectivity index (χ2v) is 5.65. The summed E-state index contributed by atoms with van der Waals surface area (Å²) in [6.45, 7) is 4.87. The summed E-state index contributed by atoms with van der Waals surface area (Å²) in [6.07, 6.45) is 0.780. The van der Waals surface area contributed by atoms with Gasteiger partial charge in [0.1, 0.15) is 6.04 Å². The Morgan fingerprint density at radius 2 is 1.85 bits per heavy atom. The molecule has 0 saturated heterocycles. The molecule has 1 unspecified atom stereocenters. The number of nitrogens with zero attached hydrogens (tertiary/aromatic N) is 1. The van der Waals surface area contributed by atoms with Crippen molar-refractivity contribution in [3.05, 3.63) is 29.8 Å². The molecule has 1 rings (SSSR count). The van der Waals surface area contributed by atoms with E-state index in [4.69, 9.17) is 4.74 Å². The summed E-state index contributed by atoms with van der Waals surface area (Å²) in [5.41, 5.74) is 2.33. The summed E-state index contributed by atoms with van der Waals surface area (Å²) in [4.78, 5) is 13.8. The third kappa shape index (κ3) is 5.21. The maximum Gasteiger partial charge on any atom is 0.322 e. The third-order valence-electron chi connectivity index (χ3n) is 3.20. The van der Waals surface area contributed by atoms with Crippen molar-refractivity contribution in [2.75, 3.05) is 26.1 Å². The van der Waals surface area contributed by atoms with Gasteiger partial charge in [0.25, 0.3) is 0 Å². The normalized spacial score (nSPS) is 12.3. The van der Waals surface area contributed by atoms with Crippen molar-refractivity contribution >= 4 is 11.7 Å². The molecule has 0 saturated carbocycles. The van der Waals surface area contributed by atoms with Crippen molar-refractivity contribution in [3.63, 3.8) is 0 Å². The van der Waals surface area contributed by atoms with Crippen molar-refractivity contribution in [2.24, 2.45) is 5.92 Å². The first kappa shape index (κ1) is 16.5. The number of benzene rings is 1. The highest BCUT2D eigenvalue weighted by Crippen LogP contribution is 2.13. The fraction of sp³-hybridized carbons (Fsp3) is 0.562. The number of anilines is 1. The molecule has 0 aliphatic rings. The molecule has 4 nitrogen and oxygen atoms in total. The zero-order chi connectivity index (χ0) is 15.1. The van der Waals surface area contributed by atoms with E-state index in [1.54, 1.807) is 0 Å². The summed E-state index contributed by atoms with van der Waals surface area (Å²) >= 11 is 0. The van der Waals surface area contributed by atoms with Gasteiger partial charge in [0.15, 0.2) is 0 Å². The van der Waals surface area contributed by atoms with E-state index in [0.29, 0.717) is 12.5 Å². The van der Waals surface area contributed by atoms with Crippen molar-refractivity contribution in [3.8, 4) is 0 Å². The van der Waals surface area contributed by atoms with Gasteiger partial charge in [0.2, 0.25) is 0 Å². The van der Waals surface area contributed by atoms with Crippen LogP contribution in [-0.2, 0) is 16.1 Å². The maximum absolute atomic E-state index is 11.7. The second-order valence-electron chi connectivity index (χ2n) is 5.65. The van der Waals surface area contributed by atoms with Gasteiger partial charge in [-0.1, -0.05) is 26.0 Å². The van der Waals surface area contributed by atoms with Crippen molar-refractivity contribution < 1.29 is 9.53 Å². The Labute approximate surface area is 122 Å². The first-order chi connectivity index (χ1) is 9.43. The average Bonchev–Trinajstić information content (AvgIpc) is 2.42. The highest BCUT2D eigenvalue weighted by molar-refractivity contribution is 5.75. The third-order valence-corrected chi connectivity index (χ3v) is 3.20. The fourth-order valence-corrected chi connectivity index (χ4v) is 2.03. The summed E-state index contributed by atoms with van der Waals surface area (Å²) in [6, 6.07) is 8.06. The Kier molecular flexibility index (Phi) is 6.52. The van der Waals surface area contributed by atoms with Gasteiger partial charge >= 0.3 is 5.97 Å². The van der Waals surface area contributed by atoms with Crippen LogP contribution in [0.2, 0.25) is 0 Å². The van der Waals surface area contributed by atoms with Crippen LogP contribution in [0.4, 0.5) is 5.69 Å². The molecule has 0 bridgehead atoms. The van der Waals surface area contributed by atoms with Crippen LogP contribution < -0.4 is 10.2 Å². The summed E-state index contributed by atoms with van der Waals surface area (Å²) in [5, 5.41) is 3.28.